The van der Waals surface area contributed by atoms with E-state index in [-0.39, 0.29) is 12.0 Å². The second kappa shape index (κ2) is 5.92. The van der Waals surface area contributed by atoms with E-state index in [1.165, 1.54) is 0 Å². The molecule has 1 aliphatic rings. The van der Waals surface area contributed by atoms with E-state index in [1.54, 1.807) is 6.20 Å². The molecular formula is C15H21N5O2. The highest BCUT2D eigenvalue weighted by molar-refractivity contribution is 5.79. The molecule has 22 heavy (non-hydrogen) atoms. The summed E-state index contributed by atoms with van der Waals surface area (Å²) in [5.74, 6) is 0.884. The third kappa shape index (κ3) is 2.89. The van der Waals surface area contributed by atoms with Crippen LogP contribution in [0, 0.1) is 20.8 Å². The minimum absolute atomic E-state index is 0.101. The SMILES string of the molecule is Cc1cnc([C@@H]2CN(C(=O)Cc3c(C)n[nH]c3C)CCO2)[nH]1. The van der Waals surface area contributed by atoms with Crippen LogP contribution < -0.4 is 0 Å². The average molecular weight is 303 g/mol. The number of rotatable bonds is 3. The fraction of sp³-hybridized carbons (Fsp3) is 0.533. The van der Waals surface area contributed by atoms with Crippen molar-refractivity contribution < 1.29 is 9.53 Å². The number of morpholine rings is 1. The van der Waals surface area contributed by atoms with Gasteiger partial charge < -0.3 is 14.6 Å². The quantitative estimate of drug-likeness (QED) is 0.892. The van der Waals surface area contributed by atoms with Crippen molar-refractivity contribution in [1.82, 2.24) is 25.1 Å². The molecule has 3 heterocycles. The summed E-state index contributed by atoms with van der Waals surface area (Å²) in [6.07, 6.45) is 1.97. The first kappa shape index (κ1) is 14.8. The van der Waals surface area contributed by atoms with Gasteiger partial charge in [-0.1, -0.05) is 0 Å². The predicted molar refractivity (Wildman–Crippen MR) is 80.4 cm³/mol. The lowest BCUT2D eigenvalue weighted by atomic mass is 10.1. The van der Waals surface area contributed by atoms with Gasteiger partial charge in [0.05, 0.1) is 25.3 Å². The molecule has 0 unspecified atom stereocenters. The summed E-state index contributed by atoms with van der Waals surface area (Å²) in [5, 5.41) is 7.07. The highest BCUT2D eigenvalue weighted by atomic mass is 16.5. The number of hydrogen-bond donors (Lipinski definition) is 2. The summed E-state index contributed by atoms with van der Waals surface area (Å²) in [5.41, 5.74) is 3.82. The molecule has 0 bridgehead atoms. The number of carbonyl (C=O) groups excluding carboxylic acids is 1. The average Bonchev–Trinajstić information content (AvgIpc) is 3.08. The standard InChI is InChI=1S/C15H21N5O2/c1-9-7-16-15(17-9)13-8-20(4-5-22-13)14(21)6-12-10(2)18-19-11(12)3/h7,13H,4-6,8H2,1-3H3,(H,16,17)(H,18,19)/t13-/m0/s1. The Hall–Kier alpha value is -2.15. The molecule has 3 rings (SSSR count). The molecule has 2 aromatic rings. The normalized spacial score (nSPS) is 18.7. The third-order valence-electron chi connectivity index (χ3n) is 4.06. The maximum atomic E-state index is 12.6. The molecule has 118 valence electrons. The number of H-pyrrole nitrogens is 2. The lowest BCUT2D eigenvalue weighted by Gasteiger charge is -2.32. The summed E-state index contributed by atoms with van der Waals surface area (Å²) in [6, 6.07) is 0. The first-order chi connectivity index (χ1) is 10.5. The van der Waals surface area contributed by atoms with Gasteiger partial charge in [0.25, 0.3) is 0 Å². The molecule has 0 aromatic carbocycles. The van der Waals surface area contributed by atoms with E-state index in [4.69, 9.17) is 4.74 Å². The molecule has 7 nitrogen and oxygen atoms in total. The maximum absolute atomic E-state index is 12.6. The summed E-state index contributed by atoms with van der Waals surface area (Å²) in [6.45, 7) is 7.48. The molecular weight excluding hydrogens is 282 g/mol. The molecule has 0 saturated carbocycles. The highest BCUT2D eigenvalue weighted by Gasteiger charge is 2.27. The van der Waals surface area contributed by atoms with Gasteiger partial charge >= 0.3 is 0 Å². The van der Waals surface area contributed by atoms with Crippen LogP contribution in [0.3, 0.4) is 0 Å². The maximum Gasteiger partial charge on any atom is 0.227 e. The third-order valence-corrected chi connectivity index (χ3v) is 4.06. The molecule has 0 radical (unpaired) electrons. The van der Waals surface area contributed by atoms with Gasteiger partial charge in [-0.3, -0.25) is 9.89 Å². The van der Waals surface area contributed by atoms with Crippen LogP contribution in [0.1, 0.15) is 34.6 Å². The molecule has 1 atom stereocenters. The second-order valence-electron chi connectivity index (χ2n) is 5.74. The number of hydrogen-bond acceptors (Lipinski definition) is 4. The van der Waals surface area contributed by atoms with E-state index in [0.717, 1.165) is 28.5 Å². The van der Waals surface area contributed by atoms with E-state index >= 15 is 0 Å². The molecule has 0 aliphatic carbocycles. The van der Waals surface area contributed by atoms with Crippen molar-refractivity contribution in [2.24, 2.45) is 0 Å². The molecule has 7 heteroatoms. The molecule has 1 saturated heterocycles. The minimum Gasteiger partial charge on any atom is -0.367 e. The Balaban J connectivity index is 1.68. The summed E-state index contributed by atoms with van der Waals surface area (Å²) >= 11 is 0. The number of aromatic amines is 2. The topological polar surface area (TPSA) is 86.9 Å². The lowest BCUT2D eigenvalue weighted by molar-refractivity contribution is -0.138. The molecule has 1 amide bonds. The Morgan fingerprint density at radius 1 is 1.45 bits per heavy atom. The monoisotopic (exact) mass is 303 g/mol. The highest BCUT2D eigenvalue weighted by Crippen LogP contribution is 2.21. The zero-order valence-corrected chi connectivity index (χ0v) is 13.1. The van der Waals surface area contributed by atoms with Crippen LogP contribution in [-0.2, 0) is 16.0 Å². The van der Waals surface area contributed by atoms with Crippen LogP contribution in [0.25, 0.3) is 0 Å². The van der Waals surface area contributed by atoms with E-state index in [9.17, 15) is 4.79 Å². The van der Waals surface area contributed by atoms with Crippen molar-refractivity contribution in [3.63, 3.8) is 0 Å². The van der Waals surface area contributed by atoms with Gasteiger partial charge in [-0.15, -0.1) is 0 Å². The Morgan fingerprint density at radius 3 is 2.91 bits per heavy atom. The number of nitrogens with zero attached hydrogens (tertiary/aromatic N) is 3. The van der Waals surface area contributed by atoms with Gasteiger partial charge in [-0.2, -0.15) is 5.10 Å². The number of imidazole rings is 1. The Labute approximate surface area is 129 Å². The van der Waals surface area contributed by atoms with E-state index in [2.05, 4.69) is 20.2 Å². The number of aryl methyl sites for hydroxylation is 3. The number of amides is 1. The van der Waals surface area contributed by atoms with Crippen LogP contribution in [0.4, 0.5) is 0 Å². The predicted octanol–water partition coefficient (Wildman–Crippen LogP) is 1.20. The first-order valence-corrected chi connectivity index (χ1v) is 7.46. The summed E-state index contributed by atoms with van der Waals surface area (Å²) in [4.78, 5) is 21.9. The number of ether oxygens (including phenoxy) is 1. The molecule has 0 spiro atoms. The van der Waals surface area contributed by atoms with Gasteiger partial charge in [-0.25, -0.2) is 4.98 Å². The smallest absolute Gasteiger partial charge is 0.227 e. The number of nitrogens with one attached hydrogen (secondary N) is 2. The van der Waals surface area contributed by atoms with E-state index in [1.807, 2.05) is 25.7 Å². The summed E-state index contributed by atoms with van der Waals surface area (Å²) < 4.78 is 5.73. The minimum atomic E-state index is -0.182. The zero-order chi connectivity index (χ0) is 15.7. The van der Waals surface area contributed by atoms with Gasteiger partial charge in [0, 0.05) is 29.7 Å². The fourth-order valence-corrected chi connectivity index (χ4v) is 2.74. The van der Waals surface area contributed by atoms with E-state index in [0.29, 0.717) is 26.1 Å². The van der Waals surface area contributed by atoms with Crippen molar-refractivity contribution in [2.45, 2.75) is 33.3 Å². The van der Waals surface area contributed by atoms with Crippen molar-refractivity contribution in [3.05, 3.63) is 34.7 Å². The number of carbonyl (C=O) groups is 1. The second-order valence-corrected chi connectivity index (χ2v) is 5.74. The van der Waals surface area contributed by atoms with Crippen molar-refractivity contribution in [3.8, 4) is 0 Å². The van der Waals surface area contributed by atoms with Gasteiger partial charge in [0.15, 0.2) is 0 Å². The lowest BCUT2D eigenvalue weighted by Crippen LogP contribution is -2.43. The van der Waals surface area contributed by atoms with Gasteiger partial charge in [0.2, 0.25) is 5.91 Å². The van der Waals surface area contributed by atoms with Crippen molar-refractivity contribution >= 4 is 5.91 Å². The molecule has 1 aliphatic heterocycles. The van der Waals surface area contributed by atoms with Crippen LogP contribution in [0.2, 0.25) is 0 Å². The zero-order valence-electron chi connectivity index (χ0n) is 13.1. The van der Waals surface area contributed by atoms with Crippen LogP contribution in [-0.4, -0.2) is 50.7 Å². The van der Waals surface area contributed by atoms with Crippen LogP contribution in [0.5, 0.6) is 0 Å². The molecule has 2 aromatic heterocycles. The fourth-order valence-electron chi connectivity index (χ4n) is 2.74. The van der Waals surface area contributed by atoms with Gasteiger partial charge in [-0.05, 0) is 20.8 Å². The first-order valence-electron chi connectivity index (χ1n) is 7.46. The van der Waals surface area contributed by atoms with Crippen LogP contribution in [0.15, 0.2) is 6.20 Å². The number of aromatic nitrogens is 4. The summed E-state index contributed by atoms with van der Waals surface area (Å²) in [7, 11) is 0. The molecule has 1 fully saturated rings. The Morgan fingerprint density at radius 2 is 2.27 bits per heavy atom. The Kier molecular flexibility index (Phi) is 3.98. The van der Waals surface area contributed by atoms with Crippen molar-refractivity contribution in [1.29, 1.82) is 0 Å². The Bertz CT molecular complexity index is 656. The van der Waals surface area contributed by atoms with E-state index < -0.39 is 0 Å². The van der Waals surface area contributed by atoms with Crippen LogP contribution >= 0.6 is 0 Å². The largest absolute Gasteiger partial charge is 0.367 e. The van der Waals surface area contributed by atoms with Gasteiger partial charge in [0.1, 0.15) is 11.9 Å². The van der Waals surface area contributed by atoms with Crippen molar-refractivity contribution in [2.75, 3.05) is 19.7 Å². The molecule has 2 N–H and O–H groups in total.